The molecule has 0 N–H and O–H groups in total. The summed E-state index contributed by atoms with van der Waals surface area (Å²) in [6.07, 6.45) is 5.86. The average molecular weight is 446 g/mol. The van der Waals surface area contributed by atoms with E-state index < -0.39 is 0 Å². The Kier molecular flexibility index (Phi) is 8.76. The summed E-state index contributed by atoms with van der Waals surface area (Å²) in [5.41, 5.74) is 2.77. The summed E-state index contributed by atoms with van der Waals surface area (Å²) in [5, 5.41) is 0. The van der Waals surface area contributed by atoms with Crippen molar-refractivity contribution in [3.05, 3.63) is 29.6 Å². The van der Waals surface area contributed by atoms with Gasteiger partial charge in [-0.05, 0) is 69.9 Å². The van der Waals surface area contributed by atoms with Crippen LogP contribution in [0.5, 0.6) is 0 Å². The fourth-order valence-electron chi connectivity index (χ4n) is 4.77. The molecule has 32 heavy (non-hydrogen) atoms. The standard InChI is InChI=1S/C27H47N3O2/c1-21(31-19-23-15-25(16-23)32-27(5,6)7)14-22-8-9-24(28-17-22)18-29-10-12-30(13-11-29)20-26(2,3)4/h8-9,17,21,23,25H,10-16,18-20H2,1-7H3. The second kappa shape index (κ2) is 10.9. The number of rotatable bonds is 9. The highest BCUT2D eigenvalue weighted by Gasteiger charge is 2.33. The van der Waals surface area contributed by atoms with E-state index in [4.69, 9.17) is 14.5 Å². The Morgan fingerprint density at radius 1 is 1.00 bits per heavy atom. The van der Waals surface area contributed by atoms with Crippen molar-refractivity contribution in [1.82, 2.24) is 14.8 Å². The van der Waals surface area contributed by atoms with Crippen molar-refractivity contribution in [2.24, 2.45) is 11.3 Å². The van der Waals surface area contributed by atoms with Crippen LogP contribution < -0.4 is 0 Å². The molecule has 1 aromatic rings. The third kappa shape index (κ3) is 9.09. The van der Waals surface area contributed by atoms with Crippen LogP contribution in [0.4, 0.5) is 0 Å². The predicted molar refractivity (Wildman–Crippen MR) is 132 cm³/mol. The van der Waals surface area contributed by atoms with E-state index in [1.54, 1.807) is 0 Å². The Hall–Kier alpha value is -1.01. The third-order valence-corrected chi connectivity index (χ3v) is 6.29. The maximum atomic E-state index is 6.13. The lowest BCUT2D eigenvalue weighted by Crippen LogP contribution is -2.48. The van der Waals surface area contributed by atoms with Crippen LogP contribution in [0, 0.1) is 11.3 Å². The van der Waals surface area contributed by atoms with Gasteiger partial charge in [0, 0.05) is 52.1 Å². The van der Waals surface area contributed by atoms with Gasteiger partial charge in [0.2, 0.25) is 0 Å². The Morgan fingerprint density at radius 3 is 2.22 bits per heavy atom. The zero-order chi connectivity index (χ0) is 23.4. The molecule has 1 unspecified atom stereocenters. The Labute approximate surface area is 196 Å². The summed E-state index contributed by atoms with van der Waals surface area (Å²) in [5.74, 6) is 0.647. The SMILES string of the molecule is CC(Cc1ccc(CN2CCN(CC(C)(C)C)CC2)nc1)OCC1CC(OC(C)(C)C)C1. The molecule has 1 atom stereocenters. The van der Waals surface area contributed by atoms with Gasteiger partial charge in [0.05, 0.1) is 23.5 Å². The van der Waals surface area contributed by atoms with Crippen LogP contribution in [0.15, 0.2) is 18.3 Å². The largest absolute Gasteiger partial charge is 0.378 e. The monoisotopic (exact) mass is 445 g/mol. The number of hydrogen-bond acceptors (Lipinski definition) is 5. The summed E-state index contributed by atoms with van der Waals surface area (Å²) in [7, 11) is 0. The van der Waals surface area contributed by atoms with Crippen LogP contribution in [0.25, 0.3) is 0 Å². The minimum absolute atomic E-state index is 0.0381. The molecule has 0 bridgehead atoms. The van der Waals surface area contributed by atoms with Crippen LogP contribution in [-0.4, -0.2) is 71.9 Å². The van der Waals surface area contributed by atoms with Gasteiger partial charge in [-0.2, -0.15) is 0 Å². The van der Waals surface area contributed by atoms with Crippen molar-refractivity contribution in [2.75, 3.05) is 39.3 Å². The lowest BCUT2D eigenvalue weighted by molar-refractivity contribution is -0.126. The van der Waals surface area contributed by atoms with E-state index in [9.17, 15) is 0 Å². The molecule has 0 aromatic carbocycles. The second-order valence-electron chi connectivity index (χ2n) is 12.3. The van der Waals surface area contributed by atoms with E-state index in [2.05, 4.69) is 70.4 Å². The van der Waals surface area contributed by atoms with E-state index in [1.807, 2.05) is 6.20 Å². The molecular formula is C27H47N3O2. The fourth-order valence-corrected chi connectivity index (χ4v) is 4.77. The molecular weight excluding hydrogens is 398 g/mol. The first-order valence-electron chi connectivity index (χ1n) is 12.6. The van der Waals surface area contributed by atoms with Crippen molar-refractivity contribution in [1.29, 1.82) is 0 Å². The maximum absolute atomic E-state index is 6.13. The fraction of sp³-hybridized carbons (Fsp3) is 0.815. The number of piperazine rings is 1. The quantitative estimate of drug-likeness (QED) is 0.546. The molecule has 1 aromatic heterocycles. The molecule has 1 saturated carbocycles. The molecule has 2 fully saturated rings. The van der Waals surface area contributed by atoms with Crippen LogP contribution in [0.1, 0.15) is 72.6 Å². The number of hydrogen-bond donors (Lipinski definition) is 0. The van der Waals surface area contributed by atoms with Gasteiger partial charge in [0.25, 0.3) is 0 Å². The molecule has 2 heterocycles. The van der Waals surface area contributed by atoms with E-state index in [-0.39, 0.29) is 11.7 Å². The molecule has 182 valence electrons. The zero-order valence-corrected chi connectivity index (χ0v) is 21.7. The van der Waals surface area contributed by atoms with Gasteiger partial charge < -0.3 is 14.4 Å². The van der Waals surface area contributed by atoms with Gasteiger partial charge in [-0.15, -0.1) is 0 Å². The van der Waals surface area contributed by atoms with Gasteiger partial charge in [-0.25, -0.2) is 0 Å². The van der Waals surface area contributed by atoms with E-state index in [1.165, 1.54) is 17.8 Å². The highest BCUT2D eigenvalue weighted by molar-refractivity contribution is 5.15. The lowest BCUT2D eigenvalue weighted by Gasteiger charge is -2.39. The summed E-state index contributed by atoms with van der Waals surface area (Å²) >= 11 is 0. The zero-order valence-electron chi connectivity index (χ0n) is 21.7. The minimum Gasteiger partial charge on any atom is -0.378 e. The molecule has 3 rings (SSSR count). The summed E-state index contributed by atoms with van der Waals surface area (Å²) in [6, 6.07) is 4.43. The third-order valence-electron chi connectivity index (χ3n) is 6.29. The summed E-state index contributed by atoms with van der Waals surface area (Å²) < 4.78 is 12.2. The van der Waals surface area contributed by atoms with Crippen LogP contribution in [-0.2, 0) is 22.4 Å². The topological polar surface area (TPSA) is 37.8 Å². The maximum Gasteiger partial charge on any atom is 0.0602 e. The predicted octanol–water partition coefficient (Wildman–Crippen LogP) is 4.79. The van der Waals surface area contributed by atoms with Crippen molar-refractivity contribution in [2.45, 2.75) is 92.1 Å². The molecule has 0 amide bonds. The smallest absolute Gasteiger partial charge is 0.0602 e. The molecule has 0 radical (unpaired) electrons. The minimum atomic E-state index is -0.0381. The Balaban J connectivity index is 1.32. The molecule has 1 saturated heterocycles. The number of ether oxygens (including phenoxy) is 2. The normalized spacial score (nSPS) is 24.3. The van der Waals surface area contributed by atoms with Crippen molar-refractivity contribution >= 4 is 0 Å². The van der Waals surface area contributed by atoms with Gasteiger partial charge in [-0.3, -0.25) is 9.88 Å². The van der Waals surface area contributed by atoms with Crippen LogP contribution in [0.2, 0.25) is 0 Å². The van der Waals surface area contributed by atoms with Crippen LogP contribution >= 0.6 is 0 Å². The Morgan fingerprint density at radius 2 is 1.66 bits per heavy atom. The van der Waals surface area contributed by atoms with Crippen LogP contribution in [0.3, 0.4) is 0 Å². The van der Waals surface area contributed by atoms with Gasteiger partial charge in [-0.1, -0.05) is 26.8 Å². The molecule has 5 heteroatoms. The molecule has 2 aliphatic rings. The van der Waals surface area contributed by atoms with Crippen molar-refractivity contribution in [3.8, 4) is 0 Å². The first-order valence-corrected chi connectivity index (χ1v) is 12.6. The Bertz CT molecular complexity index is 678. The van der Waals surface area contributed by atoms with E-state index >= 15 is 0 Å². The van der Waals surface area contributed by atoms with Gasteiger partial charge in [0.15, 0.2) is 0 Å². The number of pyridine rings is 1. The van der Waals surface area contributed by atoms with Gasteiger partial charge >= 0.3 is 0 Å². The van der Waals surface area contributed by atoms with E-state index in [0.29, 0.717) is 17.4 Å². The van der Waals surface area contributed by atoms with E-state index in [0.717, 1.165) is 58.6 Å². The number of aromatic nitrogens is 1. The average Bonchev–Trinajstić information content (AvgIpc) is 2.64. The van der Waals surface area contributed by atoms with Crippen molar-refractivity contribution in [3.63, 3.8) is 0 Å². The summed E-state index contributed by atoms with van der Waals surface area (Å²) in [4.78, 5) is 9.87. The first kappa shape index (κ1) is 25.6. The highest BCUT2D eigenvalue weighted by Crippen LogP contribution is 2.33. The first-order chi connectivity index (χ1) is 14.9. The summed E-state index contributed by atoms with van der Waals surface area (Å²) in [6.45, 7) is 23.1. The molecule has 5 nitrogen and oxygen atoms in total. The van der Waals surface area contributed by atoms with Crippen molar-refractivity contribution < 1.29 is 9.47 Å². The van der Waals surface area contributed by atoms with Gasteiger partial charge in [0.1, 0.15) is 0 Å². The molecule has 0 spiro atoms. The number of nitrogens with zero attached hydrogens (tertiary/aromatic N) is 3. The highest BCUT2D eigenvalue weighted by atomic mass is 16.5. The molecule has 1 aliphatic heterocycles. The lowest BCUT2D eigenvalue weighted by atomic mass is 9.82. The molecule has 1 aliphatic carbocycles. The second-order valence-corrected chi connectivity index (χ2v) is 12.3.